The number of piperazine rings is 1. The van der Waals surface area contributed by atoms with Gasteiger partial charge in [0.15, 0.2) is 0 Å². The number of hydrogen-bond donors (Lipinski definition) is 0. The van der Waals surface area contributed by atoms with Crippen LogP contribution in [0.1, 0.15) is 12.8 Å². The van der Waals surface area contributed by atoms with Gasteiger partial charge >= 0.3 is 0 Å². The van der Waals surface area contributed by atoms with Crippen LogP contribution in [0.25, 0.3) is 0 Å². The lowest BCUT2D eigenvalue weighted by atomic mass is 10.2. The van der Waals surface area contributed by atoms with Crippen LogP contribution in [0.15, 0.2) is 29.2 Å². The highest BCUT2D eigenvalue weighted by Gasteiger charge is 2.31. The number of hydrogen-bond acceptors (Lipinski definition) is 4. The minimum absolute atomic E-state index is 0.0496. The Labute approximate surface area is 145 Å². The molecule has 2 heterocycles. The van der Waals surface area contributed by atoms with Crippen molar-refractivity contribution in [1.29, 1.82) is 0 Å². The van der Waals surface area contributed by atoms with E-state index in [0.717, 1.165) is 17.7 Å². The monoisotopic (exact) mass is 352 g/mol. The summed E-state index contributed by atoms with van der Waals surface area (Å²) in [7, 11) is 0. The van der Waals surface area contributed by atoms with Gasteiger partial charge in [-0.05, 0) is 37.1 Å². The molecule has 2 amide bonds. The molecule has 3 rings (SSSR count). The molecule has 1 aromatic carbocycles. The smallest absolute Gasteiger partial charge is 0.251 e. The molecule has 0 N–H and O–H groups in total. The highest BCUT2D eigenvalue weighted by Crippen LogP contribution is 2.20. The fourth-order valence-corrected chi connectivity index (χ4v) is 3.72. The van der Waals surface area contributed by atoms with Crippen LogP contribution < -0.4 is 0 Å². The third-order valence-electron chi connectivity index (χ3n) is 4.33. The second kappa shape index (κ2) is 7.98. The van der Waals surface area contributed by atoms with Gasteiger partial charge in [-0.2, -0.15) is 0 Å². The maximum atomic E-state index is 12.9. The Kier molecular flexibility index (Phi) is 5.73. The SMILES string of the molecule is O=C(CSc1ccc(F)cc1)N1CCN(C(=O)C2CCCO2)CC1. The van der Waals surface area contributed by atoms with Crippen LogP contribution >= 0.6 is 11.8 Å². The van der Waals surface area contributed by atoms with Crippen molar-refractivity contribution in [3.8, 4) is 0 Å². The van der Waals surface area contributed by atoms with E-state index in [4.69, 9.17) is 4.74 Å². The average molecular weight is 352 g/mol. The average Bonchev–Trinajstić information content (AvgIpc) is 3.15. The van der Waals surface area contributed by atoms with Gasteiger partial charge in [0.05, 0.1) is 5.75 Å². The first kappa shape index (κ1) is 17.2. The summed E-state index contributed by atoms with van der Waals surface area (Å²) < 4.78 is 18.3. The molecule has 24 heavy (non-hydrogen) atoms. The third-order valence-corrected chi connectivity index (χ3v) is 5.32. The van der Waals surface area contributed by atoms with Crippen molar-refractivity contribution in [2.24, 2.45) is 0 Å². The number of carbonyl (C=O) groups is 2. The van der Waals surface area contributed by atoms with Crippen LogP contribution in [0.2, 0.25) is 0 Å². The Bertz CT molecular complexity index is 582. The van der Waals surface area contributed by atoms with E-state index in [1.54, 1.807) is 21.9 Å². The van der Waals surface area contributed by atoms with Crippen LogP contribution in [-0.2, 0) is 14.3 Å². The fraction of sp³-hybridized carbons (Fsp3) is 0.529. The van der Waals surface area contributed by atoms with Crippen molar-refractivity contribution in [2.45, 2.75) is 23.8 Å². The van der Waals surface area contributed by atoms with Crippen molar-refractivity contribution in [3.63, 3.8) is 0 Å². The first-order valence-electron chi connectivity index (χ1n) is 8.20. The van der Waals surface area contributed by atoms with Gasteiger partial charge in [-0.25, -0.2) is 4.39 Å². The summed E-state index contributed by atoms with van der Waals surface area (Å²) >= 11 is 1.40. The molecule has 0 saturated carbocycles. The number of halogens is 1. The lowest BCUT2D eigenvalue weighted by Gasteiger charge is -2.35. The topological polar surface area (TPSA) is 49.9 Å². The molecule has 0 radical (unpaired) electrons. The standard InChI is InChI=1S/C17H21FN2O3S/c18-13-3-5-14(6-4-13)24-12-16(21)19-7-9-20(10-8-19)17(22)15-2-1-11-23-15/h3-6,15H,1-2,7-12H2. The van der Waals surface area contributed by atoms with Crippen LogP contribution in [0.4, 0.5) is 4.39 Å². The van der Waals surface area contributed by atoms with Crippen molar-refractivity contribution < 1.29 is 18.7 Å². The van der Waals surface area contributed by atoms with Gasteiger partial charge in [-0.3, -0.25) is 9.59 Å². The van der Waals surface area contributed by atoms with Crippen LogP contribution in [0.5, 0.6) is 0 Å². The van der Waals surface area contributed by atoms with E-state index in [-0.39, 0.29) is 23.7 Å². The van der Waals surface area contributed by atoms with E-state index in [9.17, 15) is 14.0 Å². The summed E-state index contributed by atoms with van der Waals surface area (Å²) in [6.07, 6.45) is 1.45. The number of ether oxygens (including phenoxy) is 1. The number of amides is 2. The summed E-state index contributed by atoms with van der Waals surface area (Å²) in [6.45, 7) is 2.90. The van der Waals surface area contributed by atoms with Gasteiger partial charge in [-0.15, -0.1) is 11.8 Å². The van der Waals surface area contributed by atoms with Crippen LogP contribution in [0.3, 0.4) is 0 Å². The number of thioether (sulfide) groups is 1. The third kappa shape index (κ3) is 4.27. The number of nitrogens with zero attached hydrogens (tertiary/aromatic N) is 2. The Morgan fingerprint density at radius 2 is 1.79 bits per heavy atom. The van der Waals surface area contributed by atoms with Crippen molar-refractivity contribution in [2.75, 3.05) is 38.5 Å². The molecule has 7 heteroatoms. The maximum Gasteiger partial charge on any atom is 0.251 e. The Balaban J connectivity index is 1.43. The fourth-order valence-electron chi connectivity index (χ4n) is 2.92. The molecule has 2 aliphatic heterocycles. The second-order valence-corrected chi connectivity index (χ2v) is 7.00. The molecule has 0 aromatic heterocycles. The quantitative estimate of drug-likeness (QED) is 0.775. The predicted molar refractivity (Wildman–Crippen MR) is 89.3 cm³/mol. The van der Waals surface area contributed by atoms with Gasteiger partial charge in [0.1, 0.15) is 11.9 Å². The second-order valence-electron chi connectivity index (χ2n) is 5.95. The van der Waals surface area contributed by atoms with Gasteiger partial charge in [0, 0.05) is 37.7 Å². The van der Waals surface area contributed by atoms with Crippen LogP contribution in [0, 0.1) is 5.82 Å². The van der Waals surface area contributed by atoms with E-state index in [2.05, 4.69) is 0 Å². The molecule has 2 fully saturated rings. The van der Waals surface area contributed by atoms with E-state index >= 15 is 0 Å². The van der Waals surface area contributed by atoms with Gasteiger partial charge in [0.2, 0.25) is 5.91 Å². The molecule has 130 valence electrons. The zero-order valence-corrected chi connectivity index (χ0v) is 14.3. The Morgan fingerprint density at radius 1 is 1.12 bits per heavy atom. The van der Waals surface area contributed by atoms with Gasteiger partial charge < -0.3 is 14.5 Å². The lowest BCUT2D eigenvalue weighted by Crippen LogP contribution is -2.53. The zero-order valence-electron chi connectivity index (χ0n) is 13.4. The summed E-state index contributed by atoms with van der Waals surface area (Å²) in [5, 5.41) is 0. The molecule has 2 aliphatic rings. The molecule has 1 atom stereocenters. The molecule has 2 saturated heterocycles. The highest BCUT2D eigenvalue weighted by atomic mass is 32.2. The highest BCUT2D eigenvalue weighted by molar-refractivity contribution is 8.00. The minimum atomic E-state index is -0.290. The van der Waals surface area contributed by atoms with Gasteiger partial charge in [-0.1, -0.05) is 0 Å². The maximum absolute atomic E-state index is 12.9. The molecular weight excluding hydrogens is 331 g/mol. The number of benzene rings is 1. The van der Waals surface area contributed by atoms with Crippen molar-refractivity contribution in [3.05, 3.63) is 30.1 Å². The normalized spacial score (nSPS) is 21.1. The molecule has 1 aromatic rings. The summed E-state index contributed by atoms with van der Waals surface area (Å²) in [6, 6.07) is 6.13. The van der Waals surface area contributed by atoms with E-state index in [1.807, 2.05) is 0 Å². The molecular formula is C17H21FN2O3S. The van der Waals surface area contributed by atoms with Crippen molar-refractivity contribution >= 4 is 23.6 Å². The van der Waals surface area contributed by atoms with Crippen LogP contribution in [-0.4, -0.2) is 66.3 Å². The summed E-state index contributed by atoms with van der Waals surface area (Å²) in [5.74, 6) is 0.150. The number of carbonyl (C=O) groups excluding carboxylic acids is 2. The van der Waals surface area contributed by atoms with Gasteiger partial charge in [0.25, 0.3) is 5.91 Å². The molecule has 0 spiro atoms. The summed E-state index contributed by atoms with van der Waals surface area (Å²) in [4.78, 5) is 29.0. The molecule has 0 aliphatic carbocycles. The Morgan fingerprint density at radius 3 is 2.42 bits per heavy atom. The first-order valence-corrected chi connectivity index (χ1v) is 9.18. The lowest BCUT2D eigenvalue weighted by molar-refractivity contribution is -0.145. The summed E-state index contributed by atoms with van der Waals surface area (Å²) in [5.41, 5.74) is 0. The number of rotatable bonds is 4. The predicted octanol–water partition coefficient (Wildman–Crippen LogP) is 1.77. The minimum Gasteiger partial charge on any atom is -0.368 e. The first-order chi connectivity index (χ1) is 11.6. The van der Waals surface area contributed by atoms with Crippen molar-refractivity contribution in [1.82, 2.24) is 9.80 Å². The van der Waals surface area contributed by atoms with E-state index in [0.29, 0.717) is 38.5 Å². The largest absolute Gasteiger partial charge is 0.368 e. The molecule has 5 nitrogen and oxygen atoms in total. The molecule has 1 unspecified atom stereocenters. The molecule has 0 bridgehead atoms. The Hall–Kier alpha value is -1.60. The zero-order chi connectivity index (χ0) is 16.9. The van der Waals surface area contributed by atoms with E-state index in [1.165, 1.54) is 23.9 Å². The van der Waals surface area contributed by atoms with E-state index < -0.39 is 0 Å².